The molecule has 0 spiro atoms. The zero-order valence-corrected chi connectivity index (χ0v) is 17.0. The van der Waals surface area contributed by atoms with E-state index in [0.29, 0.717) is 28.5 Å². The van der Waals surface area contributed by atoms with E-state index >= 15 is 0 Å². The van der Waals surface area contributed by atoms with Crippen LogP contribution < -0.4 is 5.32 Å². The molecule has 0 atom stereocenters. The number of alkyl halides is 4. The number of hydrogen-bond donors (Lipinski definition) is 1. The third-order valence-corrected chi connectivity index (χ3v) is 4.79. The lowest BCUT2D eigenvalue weighted by Crippen LogP contribution is -2.44. The van der Waals surface area contributed by atoms with Gasteiger partial charge in [-0.1, -0.05) is 60.7 Å². The van der Waals surface area contributed by atoms with E-state index in [9.17, 15) is 27.2 Å². The molecule has 0 radical (unpaired) electrons. The monoisotopic (exact) mass is 448 g/mol. The molecule has 9 heteroatoms. The fourth-order valence-corrected chi connectivity index (χ4v) is 3.16. The first-order valence-electron chi connectivity index (χ1n) is 9.57. The molecular formula is C23H20F4N2O3. The van der Waals surface area contributed by atoms with Crippen molar-refractivity contribution in [2.24, 2.45) is 0 Å². The van der Waals surface area contributed by atoms with Gasteiger partial charge in [0.05, 0.1) is 31.1 Å². The summed E-state index contributed by atoms with van der Waals surface area (Å²) >= 11 is 0. The van der Waals surface area contributed by atoms with E-state index in [4.69, 9.17) is 0 Å². The highest BCUT2D eigenvalue weighted by atomic mass is 19.3. The van der Waals surface area contributed by atoms with Crippen LogP contribution in [0.4, 0.5) is 17.6 Å². The van der Waals surface area contributed by atoms with Gasteiger partial charge in [-0.05, 0) is 11.1 Å². The van der Waals surface area contributed by atoms with Crippen LogP contribution in [-0.2, 0) is 27.4 Å². The highest BCUT2D eigenvalue weighted by Gasteiger charge is 2.58. The van der Waals surface area contributed by atoms with Crippen LogP contribution in [-0.4, -0.2) is 35.7 Å². The van der Waals surface area contributed by atoms with Crippen molar-refractivity contribution in [3.63, 3.8) is 0 Å². The number of nitrogens with one attached hydrogen (secondary N) is 1. The molecule has 0 aliphatic carbocycles. The first-order chi connectivity index (χ1) is 15.2. The maximum absolute atomic E-state index is 15.0. The molecule has 0 bridgehead atoms. The van der Waals surface area contributed by atoms with E-state index in [1.165, 1.54) is 0 Å². The summed E-state index contributed by atoms with van der Waals surface area (Å²) in [7, 11) is 0.981. The third-order valence-electron chi connectivity index (χ3n) is 4.79. The molecular weight excluding hydrogens is 428 g/mol. The van der Waals surface area contributed by atoms with Gasteiger partial charge in [0, 0.05) is 12.7 Å². The van der Waals surface area contributed by atoms with Crippen LogP contribution in [0.2, 0.25) is 0 Å². The van der Waals surface area contributed by atoms with Crippen LogP contribution >= 0.6 is 0 Å². The molecule has 1 N–H and O–H groups in total. The lowest BCUT2D eigenvalue weighted by molar-refractivity contribution is -0.147. The van der Waals surface area contributed by atoms with E-state index in [-0.39, 0.29) is 13.1 Å². The van der Waals surface area contributed by atoms with Gasteiger partial charge in [-0.15, -0.1) is 0 Å². The van der Waals surface area contributed by atoms with Crippen molar-refractivity contribution in [3.05, 3.63) is 95.4 Å². The number of methoxy groups -OCH3 is 1. The first kappa shape index (κ1) is 23.1. The minimum Gasteiger partial charge on any atom is -0.504 e. The highest BCUT2D eigenvalue weighted by molar-refractivity contribution is 5.95. The second-order valence-corrected chi connectivity index (χ2v) is 7.05. The van der Waals surface area contributed by atoms with Crippen molar-refractivity contribution >= 4 is 11.8 Å². The summed E-state index contributed by atoms with van der Waals surface area (Å²) in [4.78, 5) is 25.2. The standard InChI is InChI=1S/C23H20F4N2O3/c1-32-15-19(22(24,25)20(30)28-12-16-8-4-2-5-9-16)18-14-29(21(31)23(18,26)27)13-17-10-6-3-7-11-17/h2-11,14-15H,12-13H2,1H3,(H,28,30)/b19-15-. The van der Waals surface area contributed by atoms with Gasteiger partial charge in [-0.25, -0.2) is 0 Å². The van der Waals surface area contributed by atoms with Crippen LogP contribution in [0, 0.1) is 0 Å². The van der Waals surface area contributed by atoms with Gasteiger partial charge in [0.25, 0.3) is 5.91 Å². The molecule has 0 unspecified atom stereocenters. The molecule has 32 heavy (non-hydrogen) atoms. The normalized spacial score (nSPS) is 16.0. The second kappa shape index (κ2) is 9.25. The maximum Gasteiger partial charge on any atom is 0.353 e. The van der Waals surface area contributed by atoms with E-state index in [0.717, 1.165) is 7.11 Å². The maximum atomic E-state index is 15.0. The number of ether oxygens (including phenoxy) is 1. The second-order valence-electron chi connectivity index (χ2n) is 7.05. The quantitative estimate of drug-likeness (QED) is 0.490. The number of rotatable bonds is 8. The van der Waals surface area contributed by atoms with E-state index in [1.807, 2.05) is 5.32 Å². The number of hydrogen-bond acceptors (Lipinski definition) is 3. The first-order valence-corrected chi connectivity index (χ1v) is 9.57. The van der Waals surface area contributed by atoms with Crippen molar-refractivity contribution in [1.82, 2.24) is 10.2 Å². The van der Waals surface area contributed by atoms with Gasteiger partial charge in [0.1, 0.15) is 0 Å². The van der Waals surface area contributed by atoms with Gasteiger partial charge in [0.15, 0.2) is 0 Å². The molecule has 0 saturated heterocycles. The number of amides is 2. The average Bonchev–Trinajstić information content (AvgIpc) is 3.00. The minimum atomic E-state index is -4.39. The van der Waals surface area contributed by atoms with Crippen molar-refractivity contribution in [1.29, 1.82) is 0 Å². The number of benzene rings is 2. The van der Waals surface area contributed by atoms with Gasteiger partial charge in [-0.2, -0.15) is 17.6 Å². The fraction of sp³-hybridized carbons (Fsp3) is 0.217. The topological polar surface area (TPSA) is 58.6 Å². The van der Waals surface area contributed by atoms with E-state index in [1.54, 1.807) is 60.7 Å². The lowest BCUT2D eigenvalue weighted by atomic mass is 9.97. The Morgan fingerprint density at radius 3 is 2.19 bits per heavy atom. The Bertz CT molecular complexity index is 1040. The largest absolute Gasteiger partial charge is 0.504 e. The molecule has 1 heterocycles. The van der Waals surface area contributed by atoms with Crippen LogP contribution in [0.5, 0.6) is 0 Å². The zero-order chi connectivity index (χ0) is 23.4. The predicted octanol–water partition coefficient (Wildman–Crippen LogP) is 4.03. The number of nitrogens with zero attached hydrogens (tertiary/aromatic N) is 1. The zero-order valence-electron chi connectivity index (χ0n) is 17.0. The molecule has 0 aromatic heterocycles. The summed E-state index contributed by atoms with van der Waals surface area (Å²) in [5, 5.41) is 2.04. The smallest absolute Gasteiger partial charge is 0.353 e. The molecule has 1 aliphatic rings. The van der Waals surface area contributed by atoms with Gasteiger partial charge >= 0.3 is 17.8 Å². The minimum absolute atomic E-state index is 0.232. The van der Waals surface area contributed by atoms with Crippen LogP contribution in [0.3, 0.4) is 0 Å². The van der Waals surface area contributed by atoms with Crippen molar-refractivity contribution in [3.8, 4) is 0 Å². The highest BCUT2D eigenvalue weighted by Crippen LogP contribution is 2.43. The summed E-state index contributed by atoms with van der Waals surface area (Å²) in [5.74, 6) is -12.1. The third kappa shape index (κ3) is 4.66. The Morgan fingerprint density at radius 1 is 1.06 bits per heavy atom. The summed E-state index contributed by atoms with van der Waals surface area (Å²) in [6.07, 6.45) is 1.000. The fourth-order valence-electron chi connectivity index (χ4n) is 3.16. The van der Waals surface area contributed by atoms with E-state index in [2.05, 4.69) is 4.74 Å². The molecule has 1 aliphatic heterocycles. The van der Waals surface area contributed by atoms with Crippen LogP contribution in [0.15, 0.2) is 84.3 Å². The molecule has 5 nitrogen and oxygen atoms in total. The van der Waals surface area contributed by atoms with Gasteiger partial charge in [0.2, 0.25) is 0 Å². The number of carbonyl (C=O) groups is 2. The lowest BCUT2D eigenvalue weighted by Gasteiger charge is -2.22. The molecule has 2 amide bonds. The van der Waals surface area contributed by atoms with Crippen LogP contribution in [0.1, 0.15) is 11.1 Å². The Morgan fingerprint density at radius 2 is 1.62 bits per heavy atom. The molecule has 2 aromatic carbocycles. The Balaban J connectivity index is 1.87. The van der Waals surface area contributed by atoms with E-state index < -0.39 is 34.8 Å². The van der Waals surface area contributed by atoms with Crippen LogP contribution in [0.25, 0.3) is 0 Å². The number of carbonyl (C=O) groups excluding carboxylic acids is 2. The molecule has 0 saturated carbocycles. The summed E-state index contributed by atoms with van der Waals surface area (Å²) in [6.45, 7) is -0.477. The molecule has 3 rings (SSSR count). The molecule has 168 valence electrons. The Kier molecular flexibility index (Phi) is 6.67. The Hall–Kier alpha value is -3.62. The van der Waals surface area contributed by atoms with Crippen molar-refractivity contribution in [2.45, 2.75) is 24.9 Å². The summed E-state index contributed by atoms with van der Waals surface area (Å²) in [5.41, 5.74) is -1.61. The summed E-state index contributed by atoms with van der Waals surface area (Å²) < 4.78 is 64.0. The van der Waals surface area contributed by atoms with Crippen molar-refractivity contribution in [2.75, 3.05) is 7.11 Å². The van der Waals surface area contributed by atoms with Gasteiger partial charge in [-0.3, -0.25) is 9.59 Å². The average molecular weight is 448 g/mol. The Labute approximate surface area is 182 Å². The van der Waals surface area contributed by atoms with Crippen molar-refractivity contribution < 1.29 is 31.9 Å². The number of halogens is 4. The SMILES string of the molecule is CO/C=C(/C1=CN(Cc2ccccc2)C(=O)C1(F)F)C(F)(F)C(=O)NCc1ccccc1. The van der Waals surface area contributed by atoms with Gasteiger partial charge < -0.3 is 15.0 Å². The molecule has 0 fully saturated rings. The molecule has 2 aromatic rings. The predicted molar refractivity (Wildman–Crippen MR) is 108 cm³/mol. The summed E-state index contributed by atoms with van der Waals surface area (Å²) in [6, 6.07) is 16.5.